The summed E-state index contributed by atoms with van der Waals surface area (Å²) < 4.78 is 0. The lowest BCUT2D eigenvalue weighted by atomic mass is 9.84. The van der Waals surface area contributed by atoms with Crippen molar-refractivity contribution in [3.05, 3.63) is 35.4 Å². The Labute approximate surface area is 112 Å². The maximum absolute atomic E-state index is 12.1. The van der Waals surface area contributed by atoms with Gasteiger partial charge in [-0.05, 0) is 31.9 Å². The molecule has 0 radical (unpaired) electrons. The Morgan fingerprint density at radius 3 is 2.68 bits per heavy atom. The highest BCUT2D eigenvalue weighted by Crippen LogP contribution is 2.25. The molecule has 2 N–H and O–H groups in total. The van der Waals surface area contributed by atoms with Gasteiger partial charge in [0.1, 0.15) is 0 Å². The van der Waals surface area contributed by atoms with Gasteiger partial charge in [-0.1, -0.05) is 30.5 Å². The summed E-state index contributed by atoms with van der Waals surface area (Å²) in [6.07, 6.45) is 3.29. The summed E-state index contributed by atoms with van der Waals surface area (Å²) >= 11 is 0. The molecule has 4 heteroatoms. The zero-order chi connectivity index (χ0) is 13.8. The topological polar surface area (TPSA) is 66.4 Å². The first-order chi connectivity index (χ1) is 9.08. The van der Waals surface area contributed by atoms with Gasteiger partial charge in [0.15, 0.2) is 0 Å². The molecule has 1 aromatic rings. The fourth-order valence-electron chi connectivity index (χ4n) is 2.64. The van der Waals surface area contributed by atoms with Gasteiger partial charge in [-0.15, -0.1) is 0 Å². The first-order valence-electron chi connectivity index (χ1n) is 6.68. The van der Waals surface area contributed by atoms with Crippen LogP contribution in [-0.4, -0.2) is 23.0 Å². The number of hydrogen-bond donors (Lipinski definition) is 2. The van der Waals surface area contributed by atoms with Gasteiger partial charge >= 0.3 is 5.97 Å². The van der Waals surface area contributed by atoms with E-state index in [9.17, 15) is 14.7 Å². The van der Waals surface area contributed by atoms with Crippen LogP contribution in [-0.2, 0) is 4.79 Å². The van der Waals surface area contributed by atoms with Gasteiger partial charge in [-0.3, -0.25) is 9.59 Å². The number of amides is 1. The van der Waals surface area contributed by atoms with Crippen molar-refractivity contribution in [1.82, 2.24) is 5.32 Å². The summed E-state index contributed by atoms with van der Waals surface area (Å²) in [4.78, 5) is 23.3. The van der Waals surface area contributed by atoms with Crippen LogP contribution in [0.15, 0.2) is 24.3 Å². The van der Waals surface area contributed by atoms with Gasteiger partial charge in [0.05, 0.1) is 5.92 Å². The SMILES string of the molecule is Cc1cccc(C(=O)NC2CCCCC2C(=O)O)c1. The fourth-order valence-corrected chi connectivity index (χ4v) is 2.64. The molecule has 1 amide bonds. The van der Waals surface area contributed by atoms with Crippen molar-refractivity contribution in [1.29, 1.82) is 0 Å². The third-order valence-electron chi connectivity index (χ3n) is 3.68. The number of aliphatic carboxylic acids is 1. The predicted octanol–water partition coefficient (Wildman–Crippen LogP) is 2.37. The van der Waals surface area contributed by atoms with Crippen LogP contribution in [0.3, 0.4) is 0 Å². The largest absolute Gasteiger partial charge is 0.481 e. The van der Waals surface area contributed by atoms with E-state index in [2.05, 4.69) is 5.32 Å². The van der Waals surface area contributed by atoms with Gasteiger partial charge in [0.2, 0.25) is 0 Å². The molecular weight excluding hydrogens is 242 g/mol. The molecule has 0 bridgehead atoms. The van der Waals surface area contributed by atoms with E-state index in [0.29, 0.717) is 12.0 Å². The summed E-state index contributed by atoms with van der Waals surface area (Å²) in [5.41, 5.74) is 1.61. The van der Waals surface area contributed by atoms with Crippen LogP contribution in [0.1, 0.15) is 41.6 Å². The zero-order valence-corrected chi connectivity index (χ0v) is 11.1. The number of aryl methyl sites for hydroxylation is 1. The summed E-state index contributed by atoms with van der Waals surface area (Å²) in [5.74, 6) is -1.45. The van der Waals surface area contributed by atoms with Crippen molar-refractivity contribution in [3.63, 3.8) is 0 Å². The van der Waals surface area contributed by atoms with Crippen LogP contribution >= 0.6 is 0 Å². The average Bonchev–Trinajstić information content (AvgIpc) is 2.39. The Morgan fingerprint density at radius 1 is 1.26 bits per heavy atom. The number of hydrogen-bond acceptors (Lipinski definition) is 2. The molecule has 2 rings (SSSR count). The Morgan fingerprint density at radius 2 is 2.00 bits per heavy atom. The molecule has 1 aliphatic carbocycles. The number of carbonyl (C=O) groups is 2. The number of benzene rings is 1. The van der Waals surface area contributed by atoms with Crippen molar-refractivity contribution in [2.45, 2.75) is 38.6 Å². The van der Waals surface area contributed by atoms with Crippen LogP contribution in [0.2, 0.25) is 0 Å². The van der Waals surface area contributed by atoms with E-state index in [1.807, 2.05) is 25.1 Å². The second kappa shape index (κ2) is 5.87. The lowest BCUT2D eigenvalue weighted by Gasteiger charge is -2.29. The molecule has 0 aliphatic heterocycles. The van der Waals surface area contributed by atoms with Gasteiger partial charge in [0, 0.05) is 11.6 Å². The maximum atomic E-state index is 12.1. The molecule has 0 aromatic heterocycles. The van der Waals surface area contributed by atoms with Crippen LogP contribution in [0, 0.1) is 12.8 Å². The van der Waals surface area contributed by atoms with Crippen LogP contribution in [0.5, 0.6) is 0 Å². The molecule has 2 unspecified atom stereocenters. The Hall–Kier alpha value is -1.84. The molecule has 19 heavy (non-hydrogen) atoms. The van der Waals surface area contributed by atoms with Crippen LogP contribution < -0.4 is 5.32 Å². The normalized spacial score (nSPS) is 22.8. The number of rotatable bonds is 3. The monoisotopic (exact) mass is 261 g/mol. The first kappa shape index (κ1) is 13.6. The van der Waals surface area contributed by atoms with Crippen LogP contribution in [0.25, 0.3) is 0 Å². The van der Waals surface area contributed by atoms with Crippen molar-refractivity contribution >= 4 is 11.9 Å². The Balaban J connectivity index is 2.07. The number of carbonyl (C=O) groups excluding carboxylic acids is 1. The maximum Gasteiger partial charge on any atom is 0.308 e. The third kappa shape index (κ3) is 3.34. The molecular formula is C15H19NO3. The molecule has 4 nitrogen and oxygen atoms in total. The molecule has 1 aromatic carbocycles. The standard InChI is InChI=1S/C15H19NO3/c1-10-5-4-6-11(9-10)14(17)16-13-8-3-2-7-12(13)15(18)19/h4-6,9,12-13H,2-3,7-8H2,1H3,(H,16,17)(H,18,19). The lowest BCUT2D eigenvalue weighted by molar-refractivity contribution is -0.143. The van der Waals surface area contributed by atoms with Gasteiger partial charge in [-0.2, -0.15) is 0 Å². The summed E-state index contributed by atoms with van der Waals surface area (Å²) in [6.45, 7) is 1.93. The van der Waals surface area contributed by atoms with Crippen molar-refractivity contribution in [2.75, 3.05) is 0 Å². The number of carboxylic acid groups (broad SMARTS) is 1. The van der Waals surface area contributed by atoms with Gasteiger partial charge in [0.25, 0.3) is 5.91 Å². The van der Waals surface area contributed by atoms with E-state index in [0.717, 1.165) is 24.8 Å². The molecule has 0 heterocycles. The molecule has 0 spiro atoms. The van der Waals surface area contributed by atoms with Crippen molar-refractivity contribution in [2.24, 2.45) is 5.92 Å². The molecule has 0 saturated heterocycles. The van der Waals surface area contributed by atoms with E-state index in [1.165, 1.54) is 0 Å². The highest BCUT2D eigenvalue weighted by molar-refractivity contribution is 5.94. The smallest absolute Gasteiger partial charge is 0.308 e. The Kier molecular flexibility index (Phi) is 4.20. The zero-order valence-electron chi connectivity index (χ0n) is 11.1. The molecule has 2 atom stereocenters. The number of nitrogens with one attached hydrogen (secondary N) is 1. The average molecular weight is 261 g/mol. The minimum Gasteiger partial charge on any atom is -0.481 e. The van der Waals surface area contributed by atoms with E-state index < -0.39 is 11.9 Å². The van der Waals surface area contributed by atoms with Gasteiger partial charge in [-0.25, -0.2) is 0 Å². The molecule has 1 fully saturated rings. The van der Waals surface area contributed by atoms with Crippen molar-refractivity contribution < 1.29 is 14.7 Å². The number of carboxylic acids is 1. The fraction of sp³-hybridized carbons (Fsp3) is 0.467. The summed E-state index contributed by atoms with van der Waals surface area (Å²) in [6, 6.07) is 7.07. The minimum atomic E-state index is -0.811. The summed E-state index contributed by atoms with van der Waals surface area (Å²) in [5, 5.41) is 12.1. The highest BCUT2D eigenvalue weighted by atomic mass is 16.4. The second-order valence-corrected chi connectivity index (χ2v) is 5.18. The first-order valence-corrected chi connectivity index (χ1v) is 6.68. The van der Waals surface area contributed by atoms with E-state index in [1.54, 1.807) is 6.07 Å². The van der Waals surface area contributed by atoms with E-state index in [-0.39, 0.29) is 11.9 Å². The molecule has 1 saturated carbocycles. The predicted molar refractivity (Wildman–Crippen MR) is 72.0 cm³/mol. The van der Waals surface area contributed by atoms with E-state index in [4.69, 9.17) is 0 Å². The van der Waals surface area contributed by atoms with E-state index >= 15 is 0 Å². The second-order valence-electron chi connectivity index (χ2n) is 5.18. The quantitative estimate of drug-likeness (QED) is 0.877. The minimum absolute atomic E-state index is 0.179. The van der Waals surface area contributed by atoms with Crippen molar-refractivity contribution in [3.8, 4) is 0 Å². The lowest BCUT2D eigenvalue weighted by Crippen LogP contribution is -2.45. The Bertz CT molecular complexity index is 484. The molecule has 1 aliphatic rings. The van der Waals surface area contributed by atoms with Crippen LogP contribution in [0.4, 0.5) is 0 Å². The van der Waals surface area contributed by atoms with Gasteiger partial charge < -0.3 is 10.4 Å². The molecule has 102 valence electrons. The summed E-state index contributed by atoms with van der Waals surface area (Å²) in [7, 11) is 0. The highest BCUT2D eigenvalue weighted by Gasteiger charge is 2.31. The third-order valence-corrected chi connectivity index (χ3v) is 3.68.